The lowest BCUT2D eigenvalue weighted by Gasteiger charge is -2.02. The lowest BCUT2D eigenvalue weighted by molar-refractivity contribution is 0.674. The van der Waals surface area contributed by atoms with Crippen LogP contribution in [-0.4, -0.2) is 8.80 Å². The van der Waals surface area contributed by atoms with Gasteiger partial charge in [0, 0.05) is 0 Å². The highest BCUT2D eigenvalue weighted by atomic mass is 28.3. The Labute approximate surface area is 86.0 Å². The summed E-state index contributed by atoms with van der Waals surface area (Å²) in [5.41, 5.74) is 2.55. The van der Waals surface area contributed by atoms with Crippen LogP contribution < -0.4 is 0 Å². The third-order valence-corrected chi connectivity index (χ3v) is 5.60. The van der Waals surface area contributed by atoms with Crippen LogP contribution in [-0.2, 0) is 0 Å². The average Bonchev–Trinajstić information content (AvgIpc) is 2.17. The summed E-state index contributed by atoms with van der Waals surface area (Å²) in [5.74, 6) is 0. The van der Waals surface area contributed by atoms with Gasteiger partial charge in [0.2, 0.25) is 0 Å². The summed E-state index contributed by atoms with van der Waals surface area (Å²) in [6, 6.07) is 2.86. The molecule has 0 aromatic heterocycles. The van der Waals surface area contributed by atoms with E-state index < -0.39 is 8.80 Å². The molecule has 0 spiro atoms. The van der Waals surface area contributed by atoms with Crippen molar-refractivity contribution in [1.29, 1.82) is 0 Å². The molecule has 0 saturated heterocycles. The van der Waals surface area contributed by atoms with Gasteiger partial charge in [-0.2, -0.15) is 0 Å². The highest BCUT2D eigenvalue weighted by Crippen LogP contribution is 2.05. The molecule has 0 aromatic carbocycles. The van der Waals surface area contributed by atoms with Crippen LogP contribution in [0.4, 0.5) is 0 Å². The van der Waals surface area contributed by atoms with E-state index in [-0.39, 0.29) is 0 Å². The van der Waals surface area contributed by atoms with E-state index in [0.717, 1.165) is 0 Å². The summed E-state index contributed by atoms with van der Waals surface area (Å²) in [5, 5.41) is 0. The fourth-order valence-electron chi connectivity index (χ4n) is 1.54. The van der Waals surface area contributed by atoms with Gasteiger partial charge in [0.05, 0.1) is 8.80 Å². The Balaban J connectivity index is 3.28. The predicted octanol–water partition coefficient (Wildman–Crippen LogP) is 4.32. The highest BCUT2D eigenvalue weighted by molar-refractivity contribution is 6.64. The maximum absolute atomic E-state index is 2.55. The monoisotopic (exact) mass is 198 g/mol. The summed E-state index contributed by atoms with van der Waals surface area (Å²) >= 11 is 0. The molecule has 0 amide bonds. The van der Waals surface area contributed by atoms with Gasteiger partial charge in [0.15, 0.2) is 0 Å². The lowest BCUT2D eigenvalue weighted by atomic mass is 10.2. The molecule has 0 nitrogen and oxygen atoms in total. The molecule has 0 fully saturated rings. The van der Waals surface area contributed by atoms with E-state index in [1.165, 1.54) is 44.2 Å². The second-order valence-corrected chi connectivity index (χ2v) is 7.39. The Kier molecular flexibility index (Phi) is 10.0. The fourth-order valence-corrected chi connectivity index (χ4v) is 3.24. The van der Waals surface area contributed by atoms with Crippen LogP contribution in [0.5, 0.6) is 0 Å². The Morgan fingerprint density at radius 1 is 0.923 bits per heavy atom. The van der Waals surface area contributed by atoms with Crippen LogP contribution >= 0.6 is 0 Å². The molecular formula is C12H26Si. The number of rotatable bonds is 8. The molecule has 0 atom stereocenters. The molecule has 0 aliphatic rings. The van der Waals surface area contributed by atoms with E-state index in [1.807, 2.05) is 0 Å². The van der Waals surface area contributed by atoms with Crippen LogP contribution in [0.1, 0.15) is 52.9 Å². The summed E-state index contributed by atoms with van der Waals surface area (Å²) in [7, 11) is -0.431. The van der Waals surface area contributed by atoms with Crippen LogP contribution in [0.15, 0.2) is 11.8 Å². The Bertz CT molecular complexity index is 114. The smallest absolute Gasteiger partial charge is 0.0605 e. The Hall–Kier alpha value is -0.0431. The van der Waals surface area contributed by atoms with Crippen molar-refractivity contribution in [3.05, 3.63) is 11.8 Å². The SMILES string of the molecule is CCCCCC/C=C/[SiH](CC)CC. The molecular weight excluding hydrogens is 172 g/mol. The van der Waals surface area contributed by atoms with E-state index in [1.54, 1.807) is 0 Å². The quantitative estimate of drug-likeness (QED) is 0.402. The van der Waals surface area contributed by atoms with Crippen LogP contribution in [0, 0.1) is 0 Å². The first-order valence-electron chi connectivity index (χ1n) is 6.01. The minimum absolute atomic E-state index is 0.431. The van der Waals surface area contributed by atoms with E-state index in [0.29, 0.717) is 0 Å². The number of hydrogen-bond acceptors (Lipinski definition) is 0. The van der Waals surface area contributed by atoms with E-state index >= 15 is 0 Å². The molecule has 0 rings (SSSR count). The van der Waals surface area contributed by atoms with Gasteiger partial charge in [-0.25, -0.2) is 0 Å². The number of unbranched alkanes of at least 4 members (excludes halogenated alkanes) is 4. The number of allylic oxidation sites excluding steroid dienone is 1. The van der Waals surface area contributed by atoms with Crippen molar-refractivity contribution in [2.45, 2.75) is 65.0 Å². The molecule has 13 heavy (non-hydrogen) atoms. The van der Waals surface area contributed by atoms with Gasteiger partial charge in [-0.15, -0.1) is 5.70 Å². The second kappa shape index (κ2) is 10.0. The van der Waals surface area contributed by atoms with Crippen molar-refractivity contribution in [1.82, 2.24) is 0 Å². The van der Waals surface area contributed by atoms with Gasteiger partial charge < -0.3 is 0 Å². The van der Waals surface area contributed by atoms with E-state index in [4.69, 9.17) is 0 Å². The minimum Gasteiger partial charge on any atom is -0.102 e. The molecule has 78 valence electrons. The molecule has 0 aromatic rings. The fraction of sp³-hybridized carbons (Fsp3) is 0.833. The van der Waals surface area contributed by atoms with Crippen molar-refractivity contribution in [3.63, 3.8) is 0 Å². The molecule has 0 aliphatic heterocycles. The minimum atomic E-state index is -0.431. The second-order valence-electron chi connectivity index (χ2n) is 3.85. The molecule has 0 aliphatic carbocycles. The first-order valence-corrected chi connectivity index (χ1v) is 8.31. The lowest BCUT2D eigenvalue weighted by Crippen LogP contribution is -2.03. The largest absolute Gasteiger partial charge is 0.102 e. The molecule has 0 unspecified atom stereocenters. The molecule has 0 N–H and O–H groups in total. The van der Waals surface area contributed by atoms with Crippen molar-refractivity contribution < 1.29 is 0 Å². The molecule has 1 heteroatoms. The van der Waals surface area contributed by atoms with Crippen LogP contribution in [0.2, 0.25) is 12.1 Å². The van der Waals surface area contributed by atoms with E-state index in [2.05, 4.69) is 32.5 Å². The standard InChI is InChI=1S/C12H26Si/c1-4-7-8-9-10-11-12-13(5-2)6-3/h11-13H,4-10H2,1-3H3/b12-11+. The van der Waals surface area contributed by atoms with Gasteiger partial charge in [0.25, 0.3) is 0 Å². The van der Waals surface area contributed by atoms with Crippen molar-refractivity contribution in [2.24, 2.45) is 0 Å². The molecule has 0 heterocycles. The van der Waals surface area contributed by atoms with Gasteiger partial charge in [-0.3, -0.25) is 0 Å². The number of hydrogen-bond donors (Lipinski definition) is 0. The Morgan fingerprint density at radius 3 is 2.15 bits per heavy atom. The van der Waals surface area contributed by atoms with E-state index in [9.17, 15) is 0 Å². The molecule has 0 bridgehead atoms. The van der Waals surface area contributed by atoms with Crippen molar-refractivity contribution >= 4 is 8.80 Å². The third kappa shape index (κ3) is 8.29. The zero-order chi connectivity index (χ0) is 9.94. The maximum atomic E-state index is 2.55. The zero-order valence-electron chi connectivity index (χ0n) is 9.68. The van der Waals surface area contributed by atoms with Gasteiger partial charge in [-0.05, 0) is 12.8 Å². The predicted molar refractivity (Wildman–Crippen MR) is 66.0 cm³/mol. The first kappa shape index (κ1) is 13.0. The molecule has 0 radical (unpaired) electrons. The Morgan fingerprint density at radius 2 is 1.62 bits per heavy atom. The topological polar surface area (TPSA) is 0 Å². The van der Waals surface area contributed by atoms with Gasteiger partial charge in [-0.1, -0.05) is 58.2 Å². The van der Waals surface area contributed by atoms with Crippen LogP contribution in [0.25, 0.3) is 0 Å². The third-order valence-electron chi connectivity index (χ3n) is 2.68. The first-order chi connectivity index (χ1) is 6.35. The normalized spacial score (nSPS) is 11.7. The average molecular weight is 198 g/mol. The summed E-state index contributed by atoms with van der Waals surface area (Å²) in [4.78, 5) is 0. The zero-order valence-corrected chi connectivity index (χ0v) is 10.8. The summed E-state index contributed by atoms with van der Waals surface area (Å²) < 4.78 is 0. The highest BCUT2D eigenvalue weighted by Gasteiger charge is 1.97. The molecule has 0 saturated carbocycles. The maximum Gasteiger partial charge on any atom is 0.0605 e. The van der Waals surface area contributed by atoms with Crippen molar-refractivity contribution in [2.75, 3.05) is 0 Å². The van der Waals surface area contributed by atoms with Crippen LogP contribution in [0.3, 0.4) is 0 Å². The van der Waals surface area contributed by atoms with Gasteiger partial charge >= 0.3 is 0 Å². The summed E-state index contributed by atoms with van der Waals surface area (Å²) in [6.07, 6.45) is 9.36. The summed E-state index contributed by atoms with van der Waals surface area (Å²) in [6.45, 7) is 6.94. The van der Waals surface area contributed by atoms with Crippen molar-refractivity contribution in [3.8, 4) is 0 Å². The van der Waals surface area contributed by atoms with Gasteiger partial charge in [0.1, 0.15) is 0 Å².